The van der Waals surface area contributed by atoms with E-state index in [9.17, 15) is 8.42 Å². The summed E-state index contributed by atoms with van der Waals surface area (Å²) in [6.45, 7) is 3.04. The van der Waals surface area contributed by atoms with Crippen LogP contribution in [0, 0.1) is 0 Å². The van der Waals surface area contributed by atoms with Crippen molar-refractivity contribution in [3.05, 3.63) is 12.0 Å². The number of ether oxygens (including phenoxy) is 1. The Bertz CT molecular complexity index is 506. The maximum absolute atomic E-state index is 12.3. The van der Waals surface area contributed by atoms with E-state index in [0.29, 0.717) is 18.8 Å². The lowest BCUT2D eigenvalue weighted by molar-refractivity contribution is 0.00856. The van der Waals surface area contributed by atoms with Gasteiger partial charge in [0.2, 0.25) is 0 Å². The molecule has 1 aliphatic heterocycles. The topological polar surface area (TPSA) is 75.3 Å². The molecule has 2 heterocycles. The highest BCUT2D eigenvalue weighted by atomic mass is 32.2. The third kappa shape index (κ3) is 3.34. The molecule has 1 unspecified atom stereocenters. The van der Waals surface area contributed by atoms with Crippen molar-refractivity contribution in [1.82, 2.24) is 14.3 Å². The minimum absolute atomic E-state index is 0.00194. The van der Waals surface area contributed by atoms with Crippen LogP contribution in [0.4, 0.5) is 0 Å². The normalized spacial score (nSPS) is 20.9. The Hall–Kier alpha value is -0.920. The first-order valence-electron chi connectivity index (χ1n) is 6.66. The van der Waals surface area contributed by atoms with Gasteiger partial charge >= 0.3 is 0 Å². The van der Waals surface area contributed by atoms with Gasteiger partial charge in [0.1, 0.15) is 5.82 Å². The van der Waals surface area contributed by atoms with Gasteiger partial charge in [-0.2, -0.15) is 4.31 Å². The van der Waals surface area contributed by atoms with Gasteiger partial charge < -0.3 is 9.72 Å². The fourth-order valence-corrected chi connectivity index (χ4v) is 3.29. The zero-order chi connectivity index (χ0) is 13.9. The number of aryl methyl sites for hydroxylation is 1. The molecule has 108 valence electrons. The number of aromatic nitrogens is 2. The summed E-state index contributed by atoms with van der Waals surface area (Å²) in [4.78, 5) is 6.88. The molecule has 1 fully saturated rings. The van der Waals surface area contributed by atoms with Crippen molar-refractivity contribution < 1.29 is 13.2 Å². The Morgan fingerprint density at radius 3 is 2.89 bits per heavy atom. The molecule has 1 aromatic heterocycles. The van der Waals surface area contributed by atoms with Crippen LogP contribution >= 0.6 is 0 Å². The third-order valence-corrected chi connectivity index (χ3v) is 5.10. The molecule has 0 amide bonds. The van der Waals surface area contributed by atoms with E-state index in [-0.39, 0.29) is 11.1 Å². The summed E-state index contributed by atoms with van der Waals surface area (Å²) >= 11 is 0. The molecule has 1 aliphatic rings. The van der Waals surface area contributed by atoms with E-state index in [4.69, 9.17) is 4.74 Å². The van der Waals surface area contributed by atoms with Gasteiger partial charge in [-0.05, 0) is 19.3 Å². The van der Waals surface area contributed by atoms with E-state index in [1.54, 1.807) is 7.05 Å². The number of imidazole rings is 1. The number of nitrogens with one attached hydrogen (secondary N) is 1. The molecular weight excluding hydrogens is 266 g/mol. The van der Waals surface area contributed by atoms with Gasteiger partial charge in [0.25, 0.3) is 10.0 Å². The second-order valence-electron chi connectivity index (χ2n) is 4.82. The minimum atomic E-state index is -3.49. The second-order valence-corrected chi connectivity index (χ2v) is 6.84. The first-order chi connectivity index (χ1) is 9.04. The van der Waals surface area contributed by atoms with Crippen LogP contribution in [0.3, 0.4) is 0 Å². The largest absolute Gasteiger partial charge is 0.377 e. The molecule has 0 bridgehead atoms. The van der Waals surface area contributed by atoms with Crippen molar-refractivity contribution in [2.45, 2.75) is 43.7 Å². The fourth-order valence-electron chi connectivity index (χ4n) is 2.16. The second kappa shape index (κ2) is 6.02. The quantitative estimate of drug-likeness (QED) is 0.882. The van der Waals surface area contributed by atoms with E-state index in [1.165, 1.54) is 10.5 Å². The Labute approximate surface area is 114 Å². The lowest BCUT2D eigenvalue weighted by Crippen LogP contribution is -2.37. The van der Waals surface area contributed by atoms with E-state index in [2.05, 4.69) is 9.97 Å². The molecular formula is C12H21N3O3S. The van der Waals surface area contributed by atoms with Gasteiger partial charge in [-0.1, -0.05) is 6.92 Å². The van der Waals surface area contributed by atoms with Crippen LogP contribution < -0.4 is 0 Å². The Morgan fingerprint density at radius 1 is 1.53 bits per heavy atom. The first kappa shape index (κ1) is 14.5. The van der Waals surface area contributed by atoms with E-state index in [1.807, 2.05) is 6.92 Å². The SMILES string of the molecule is CCc1ncc(S(=O)(=O)N(C)CC2CCCCO2)[nH]1. The molecule has 1 N–H and O–H groups in total. The molecule has 19 heavy (non-hydrogen) atoms. The minimum Gasteiger partial charge on any atom is -0.377 e. The van der Waals surface area contributed by atoms with Crippen LogP contribution in [0.25, 0.3) is 0 Å². The van der Waals surface area contributed by atoms with Crippen molar-refractivity contribution >= 4 is 10.0 Å². The summed E-state index contributed by atoms with van der Waals surface area (Å²) < 4.78 is 31.6. The van der Waals surface area contributed by atoms with Gasteiger partial charge in [-0.15, -0.1) is 0 Å². The summed E-state index contributed by atoms with van der Waals surface area (Å²) in [5.41, 5.74) is 0. The summed E-state index contributed by atoms with van der Waals surface area (Å²) in [6, 6.07) is 0. The third-order valence-electron chi connectivity index (χ3n) is 3.36. The monoisotopic (exact) mass is 287 g/mol. The van der Waals surface area contributed by atoms with Crippen LogP contribution in [-0.2, 0) is 21.2 Å². The highest BCUT2D eigenvalue weighted by Gasteiger charge is 2.26. The van der Waals surface area contributed by atoms with Crippen molar-refractivity contribution in [1.29, 1.82) is 0 Å². The maximum atomic E-state index is 12.3. The standard InChI is InChI=1S/C12H21N3O3S/c1-3-11-13-8-12(14-11)19(16,17)15(2)9-10-6-4-5-7-18-10/h8,10H,3-7,9H2,1-2H3,(H,13,14). The van der Waals surface area contributed by atoms with Crippen molar-refractivity contribution in [3.8, 4) is 0 Å². The number of nitrogens with zero attached hydrogens (tertiary/aromatic N) is 2. The van der Waals surface area contributed by atoms with Crippen molar-refractivity contribution in [2.24, 2.45) is 0 Å². The van der Waals surface area contributed by atoms with Gasteiger partial charge in [0.15, 0.2) is 5.03 Å². The summed E-state index contributed by atoms with van der Waals surface area (Å²) in [5.74, 6) is 0.681. The lowest BCUT2D eigenvalue weighted by Gasteiger charge is -2.26. The number of sulfonamides is 1. The molecule has 0 spiro atoms. The lowest BCUT2D eigenvalue weighted by atomic mass is 10.1. The Morgan fingerprint density at radius 2 is 2.32 bits per heavy atom. The smallest absolute Gasteiger partial charge is 0.259 e. The van der Waals surface area contributed by atoms with Gasteiger partial charge in [-0.3, -0.25) is 0 Å². The first-order valence-corrected chi connectivity index (χ1v) is 8.10. The predicted octanol–water partition coefficient (Wildman–Crippen LogP) is 1.16. The zero-order valence-corrected chi connectivity index (χ0v) is 12.2. The number of hydrogen-bond donors (Lipinski definition) is 1. The van der Waals surface area contributed by atoms with E-state index < -0.39 is 10.0 Å². The van der Waals surface area contributed by atoms with Crippen molar-refractivity contribution in [2.75, 3.05) is 20.2 Å². The number of aromatic amines is 1. The van der Waals surface area contributed by atoms with Crippen LogP contribution in [0.15, 0.2) is 11.2 Å². The molecule has 1 atom stereocenters. The van der Waals surface area contributed by atoms with Crippen LogP contribution in [-0.4, -0.2) is 49.0 Å². The Kier molecular flexibility index (Phi) is 4.59. The van der Waals surface area contributed by atoms with E-state index in [0.717, 1.165) is 25.9 Å². The average Bonchev–Trinajstić information content (AvgIpc) is 2.89. The number of likely N-dealkylation sites (N-methyl/N-ethyl adjacent to an activating group) is 1. The highest BCUT2D eigenvalue weighted by molar-refractivity contribution is 7.89. The molecule has 0 saturated carbocycles. The summed E-state index contributed by atoms with van der Waals surface area (Å²) in [7, 11) is -1.91. The molecule has 2 rings (SSSR count). The maximum Gasteiger partial charge on any atom is 0.259 e. The van der Waals surface area contributed by atoms with Crippen LogP contribution in [0.5, 0.6) is 0 Å². The van der Waals surface area contributed by atoms with Gasteiger partial charge in [-0.25, -0.2) is 13.4 Å². The highest BCUT2D eigenvalue weighted by Crippen LogP contribution is 2.17. The van der Waals surface area contributed by atoms with Gasteiger partial charge in [0.05, 0.1) is 12.3 Å². The molecule has 6 nitrogen and oxygen atoms in total. The number of rotatable bonds is 5. The summed E-state index contributed by atoms with van der Waals surface area (Å²) in [6.07, 6.45) is 5.15. The Balaban J connectivity index is 2.05. The van der Waals surface area contributed by atoms with Crippen LogP contribution in [0.1, 0.15) is 32.0 Å². The van der Waals surface area contributed by atoms with Crippen molar-refractivity contribution in [3.63, 3.8) is 0 Å². The predicted molar refractivity (Wildman–Crippen MR) is 71.4 cm³/mol. The zero-order valence-electron chi connectivity index (χ0n) is 11.4. The van der Waals surface area contributed by atoms with E-state index >= 15 is 0 Å². The molecule has 0 aliphatic carbocycles. The molecule has 1 aromatic rings. The molecule has 0 radical (unpaired) electrons. The summed E-state index contributed by atoms with van der Waals surface area (Å²) in [5, 5.41) is 0.155. The fraction of sp³-hybridized carbons (Fsp3) is 0.750. The van der Waals surface area contributed by atoms with Gasteiger partial charge in [0, 0.05) is 26.6 Å². The van der Waals surface area contributed by atoms with Crippen LogP contribution in [0.2, 0.25) is 0 Å². The number of hydrogen-bond acceptors (Lipinski definition) is 4. The molecule has 0 aromatic carbocycles. The average molecular weight is 287 g/mol. The molecule has 1 saturated heterocycles. The molecule has 7 heteroatoms. The number of H-pyrrole nitrogens is 1.